The van der Waals surface area contributed by atoms with Crippen molar-refractivity contribution in [3.05, 3.63) is 36.3 Å². The second kappa shape index (κ2) is 6.33. The number of aromatic nitrogens is 2. The minimum absolute atomic E-state index is 0.404. The van der Waals surface area contributed by atoms with E-state index in [4.69, 9.17) is 4.98 Å². The SMILES string of the molecule is C[C@@]1(O)CC[C@H]2[C@H](CCC3[C@@H]2CC[C@]2(C)[C@@H](c4cn5ccccc5n4)CC[C@@H]32)C1. The Morgan fingerprint density at radius 1 is 0.966 bits per heavy atom. The van der Waals surface area contributed by atoms with E-state index in [9.17, 15) is 5.11 Å². The molecule has 4 fully saturated rings. The van der Waals surface area contributed by atoms with Gasteiger partial charge in [-0.15, -0.1) is 0 Å². The van der Waals surface area contributed by atoms with Crippen LogP contribution >= 0.6 is 0 Å². The van der Waals surface area contributed by atoms with Gasteiger partial charge in [0.25, 0.3) is 0 Å². The molecular weight excluding hydrogens is 356 g/mol. The first kappa shape index (κ1) is 18.4. The van der Waals surface area contributed by atoms with E-state index in [-0.39, 0.29) is 0 Å². The number of hydrogen-bond donors (Lipinski definition) is 1. The Bertz CT molecular complexity index is 883. The number of fused-ring (bicyclic) bond motifs is 6. The van der Waals surface area contributed by atoms with E-state index in [1.165, 1.54) is 50.6 Å². The van der Waals surface area contributed by atoms with Crippen LogP contribution in [0.4, 0.5) is 0 Å². The predicted molar refractivity (Wildman–Crippen MR) is 116 cm³/mol. The van der Waals surface area contributed by atoms with Crippen molar-refractivity contribution in [3.8, 4) is 0 Å². The Kier molecular flexibility index (Phi) is 4.02. The lowest BCUT2D eigenvalue weighted by Crippen LogP contribution is -2.50. The molecular formula is C26H36N2O. The van der Waals surface area contributed by atoms with Gasteiger partial charge in [0.1, 0.15) is 5.65 Å². The van der Waals surface area contributed by atoms with Gasteiger partial charge in [-0.3, -0.25) is 0 Å². The van der Waals surface area contributed by atoms with Crippen LogP contribution in [0.2, 0.25) is 0 Å². The lowest BCUT2D eigenvalue weighted by atomic mass is 9.49. The van der Waals surface area contributed by atoms with Gasteiger partial charge in [0.05, 0.1) is 11.3 Å². The minimum Gasteiger partial charge on any atom is -0.390 e. The van der Waals surface area contributed by atoms with Crippen LogP contribution in [0.25, 0.3) is 5.65 Å². The average molecular weight is 393 g/mol. The molecule has 4 saturated carbocycles. The van der Waals surface area contributed by atoms with Crippen molar-refractivity contribution in [2.24, 2.45) is 35.0 Å². The normalized spacial score (nSPS) is 46.9. The number of rotatable bonds is 1. The van der Waals surface area contributed by atoms with Crippen molar-refractivity contribution >= 4 is 5.65 Å². The van der Waals surface area contributed by atoms with E-state index in [1.54, 1.807) is 0 Å². The summed E-state index contributed by atoms with van der Waals surface area (Å²) < 4.78 is 2.21. The van der Waals surface area contributed by atoms with Gasteiger partial charge in [-0.05, 0) is 112 Å². The summed E-state index contributed by atoms with van der Waals surface area (Å²) in [4.78, 5) is 5.05. The van der Waals surface area contributed by atoms with Crippen molar-refractivity contribution in [2.75, 3.05) is 0 Å². The van der Waals surface area contributed by atoms with Gasteiger partial charge in [0.15, 0.2) is 0 Å². The standard InChI is InChI=1S/C26H36N2O/c1-25(29)12-10-18-17(15-25)6-7-20-19(18)11-13-26(2)21(20)8-9-22(26)23-16-28-14-4-3-5-24(28)27-23/h3-5,14,16-22,29H,6-13,15H2,1-2H3/t17-,18+,19-,20?,21+,22-,25-,26+/m1/s1. The molecule has 4 aliphatic rings. The van der Waals surface area contributed by atoms with Gasteiger partial charge in [-0.2, -0.15) is 0 Å². The molecule has 0 aromatic carbocycles. The molecule has 8 atom stereocenters. The third kappa shape index (κ3) is 2.76. The molecule has 156 valence electrons. The van der Waals surface area contributed by atoms with Crippen LogP contribution in [0, 0.1) is 35.0 Å². The Morgan fingerprint density at radius 2 is 1.83 bits per heavy atom. The smallest absolute Gasteiger partial charge is 0.136 e. The fourth-order valence-corrected chi connectivity index (χ4v) is 8.69. The topological polar surface area (TPSA) is 37.5 Å². The van der Waals surface area contributed by atoms with Crippen molar-refractivity contribution in [1.29, 1.82) is 0 Å². The number of pyridine rings is 1. The van der Waals surface area contributed by atoms with Gasteiger partial charge in [0.2, 0.25) is 0 Å². The van der Waals surface area contributed by atoms with Crippen LogP contribution in [0.15, 0.2) is 30.6 Å². The zero-order valence-electron chi connectivity index (χ0n) is 18.1. The van der Waals surface area contributed by atoms with Crippen molar-refractivity contribution < 1.29 is 5.11 Å². The molecule has 0 radical (unpaired) electrons. The summed E-state index contributed by atoms with van der Waals surface area (Å²) in [6, 6.07) is 6.33. The Hall–Kier alpha value is -1.35. The number of imidazole rings is 1. The molecule has 0 amide bonds. The molecule has 6 rings (SSSR count). The van der Waals surface area contributed by atoms with Crippen LogP contribution in [0.3, 0.4) is 0 Å². The summed E-state index contributed by atoms with van der Waals surface area (Å²) in [5, 5.41) is 10.6. The summed E-state index contributed by atoms with van der Waals surface area (Å²) in [5.74, 6) is 4.99. The van der Waals surface area contributed by atoms with Crippen LogP contribution in [-0.4, -0.2) is 20.1 Å². The summed E-state index contributed by atoms with van der Waals surface area (Å²) in [6.07, 6.45) is 16.0. The van der Waals surface area contributed by atoms with Gasteiger partial charge in [0, 0.05) is 18.3 Å². The van der Waals surface area contributed by atoms with Crippen molar-refractivity contribution in [2.45, 2.75) is 83.2 Å². The highest BCUT2D eigenvalue weighted by Crippen LogP contribution is 2.66. The van der Waals surface area contributed by atoms with Crippen LogP contribution in [-0.2, 0) is 0 Å². The highest BCUT2D eigenvalue weighted by atomic mass is 16.3. The first-order valence-corrected chi connectivity index (χ1v) is 12.1. The Morgan fingerprint density at radius 3 is 2.69 bits per heavy atom. The van der Waals surface area contributed by atoms with Gasteiger partial charge >= 0.3 is 0 Å². The first-order valence-electron chi connectivity index (χ1n) is 12.1. The molecule has 4 aliphatic carbocycles. The maximum absolute atomic E-state index is 10.6. The fourth-order valence-electron chi connectivity index (χ4n) is 8.69. The monoisotopic (exact) mass is 392 g/mol. The molecule has 1 N–H and O–H groups in total. The molecule has 3 nitrogen and oxygen atoms in total. The second-order valence-electron chi connectivity index (χ2n) is 11.5. The Balaban J connectivity index is 1.27. The largest absolute Gasteiger partial charge is 0.390 e. The third-order valence-electron chi connectivity index (χ3n) is 9.98. The van der Waals surface area contributed by atoms with Crippen molar-refractivity contribution in [3.63, 3.8) is 0 Å². The lowest BCUT2D eigenvalue weighted by Gasteiger charge is -2.57. The molecule has 2 aromatic heterocycles. The maximum Gasteiger partial charge on any atom is 0.136 e. The minimum atomic E-state index is -0.404. The van der Waals surface area contributed by atoms with Gasteiger partial charge < -0.3 is 9.51 Å². The second-order valence-corrected chi connectivity index (χ2v) is 11.5. The molecule has 1 unspecified atom stereocenters. The van der Waals surface area contributed by atoms with Crippen LogP contribution < -0.4 is 0 Å². The van der Waals surface area contributed by atoms with E-state index in [1.807, 2.05) is 0 Å². The van der Waals surface area contributed by atoms with E-state index in [0.717, 1.165) is 48.1 Å². The molecule has 2 heterocycles. The highest BCUT2D eigenvalue weighted by molar-refractivity contribution is 5.40. The highest BCUT2D eigenvalue weighted by Gasteiger charge is 2.58. The number of hydrogen-bond acceptors (Lipinski definition) is 2. The van der Waals surface area contributed by atoms with E-state index in [2.05, 4.69) is 48.8 Å². The molecule has 2 aromatic rings. The number of nitrogens with zero attached hydrogens (tertiary/aromatic N) is 2. The lowest BCUT2D eigenvalue weighted by molar-refractivity contribution is -0.0959. The quantitative estimate of drug-likeness (QED) is 0.664. The third-order valence-corrected chi connectivity index (χ3v) is 9.98. The molecule has 0 aliphatic heterocycles. The zero-order chi connectivity index (χ0) is 19.8. The summed E-state index contributed by atoms with van der Waals surface area (Å²) in [7, 11) is 0. The molecule has 0 saturated heterocycles. The van der Waals surface area contributed by atoms with E-state index >= 15 is 0 Å². The van der Waals surface area contributed by atoms with E-state index < -0.39 is 5.60 Å². The van der Waals surface area contributed by atoms with Crippen molar-refractivity contribution in [1.82, 2.24) is 9.38 Å². The molecule has 0 spiro atoms. The maximum atomic E-state index is 10.6. The summed E-state index contributed by atoms with van der Waals surface area (Å²) in [5.41, 5.74) is 2.45. The molecule has 29 heavy (non-hydrogen) atoms. The first-order chi connectivity index (χ1) is 13.9. The predicted octanol–water partition coefficient (Wildman–Crippen LogP) is 5.82. The zero-order valence-corrected chi connectivity index (χ0v) is 18.1. The summed E-state index contributed by atoms with van der Waals surface area (Å²) >= 11 is 0. The number of aliphatic hydroxyl groups is 1. The van der Waals surface area contributed by atoms with Crippen LogP contribution in [0.5, 0.6) is 0 Å². The van der Waals surface area contributed by atoms with Gasteiger partial charge in [-0.25, -0.2) is 4.98 Å². The van der Waals surface area contributed by atoms with Gasteiger partial charge in [-0.1, -0.05) is 13.0 Å². The summed E-state index contributed by atoms with van der Waals surface area (Å²) in [6.45, 7) is 4.68. The van der Waals surface area contributed by atoms with Crippen LogP contribution in [0.1, 0.15) is 83.2 Å². The molecule has 3 heteroatoms. The van der Waals surface area contributed by atoms with E-state index in [0.29, 0.717) is 11.3 Å². The average Bonchev–Trinajstić information content (AvgIpc) is 3.27. The molecule has 0 bridgehead atoms. The fraction of sp³-hybridized carbons (Fsp3) is 0.731. The Labute approximate surface area is 174 Å².